The number of halogens is 1. The average Bonchev–Trinajstić information content (AvgIpc) is 2.91. The number of ether oxygens (including phenoxy) is 1. The van der Waals surface area contributed by atoms with E-state index in [2.05, 4.69) is 10.3 Å². The maximum Gasteiger partial charge on any atom is 0.243 e. The van der Waals surface area contributed by atoms with E-state index < -0.39 is 33.9 Å². The normalized spacial score (nSPS) is 17.8. The molecule has 4 rings (SSSR count). The predicted molar refractivity (Wildman–Crippen MR) is 145 cm³/mol. The number of piperidine rings is 1. The lowest BCUT2D eigenvalue weighted by atomic mass is 9.87. The lowest BCUT2D eigenvalue weighted by Gasteiger charge is -2.37. The van der Waals surface area contributed by atoms with Crippen molar-refractivity contribution in [1.82, 2.24) is 14.6 Å². The molecule has 0 saturated carbocycles. The number of nitrogens with zero attached hydrogens (tertiary/aromatic N) is 2. The molecular formula is C29H34FN3O5S. The van der Waals surface area contributed by atoms with E-state index >= 15 is 0 Å². The Kier molecular flexibility index (Phi) is 9.32. The Bertz CT molecular complexity index is 1390. The third-order valence-electron chi connectivity index (χ3n) is 6.87. The van der Waals surface area contributed by atoms with Crippen molar-refractivity contribution in [3.05, 3.63) is 89.5 Å². The van der Waals surface area contributed by atoms with Crippen LogP contribution in [0.2, 0.25) is 0 Å². The molecular weight excluding hydrogens is 521 g/mol. The Balaban J connectivity index is 1.49. The van der Waals surface area contributed by atoms with Crippen LogP contribution in [-0.4, -0.2) is 54.0 Å². The molecule has 39 heavy (non-hydrogen) atoms. The number of amides is 1. The molecule has 0 radical (unpaired) electrons. The second-order valence-electron chi connectivity index (χ2n) is 10.0. The maximum atomic E-state index is 14.5. The maximum absolute atomic E-state index is 14.5. The molecule has 1 amide bonds. The van der Waals surface area contributed by atoms with Gasteiger partial charge in [-0.15, -0.1) is 0 Å². The van der Waals surface area contributed by atoms with E-state index in [9.17, 15) is 22.7 Å². The Morgan fingerprint density at radius 1 is 1.18 bits per heavy atom. The van der Waals surface area contributed by atoms with Crippen molar-refractivity contribution in [1.29, 1.82) is 0 Å². The fraction of sp³-hybridized carbons (Fsp3) is 0.379. The molecule has 2 aromatic carbocycles. The number of rotatable bonds is 10. The molecule has 1 fully saturated rings. The molecule has 3 aromatic rings. The van der Waals surface area contributed by atoms with Gasteiger partial charge in [-0.2, -0.15) is 4.31 Å². The number of hydrogen-bond donors (Lipinski definition) is 2. The molecule has 1 saturated heterocycles. The number of aryl methyl sites for hydroxylation is 1. The summed E-state index contributed by atoms with van der Waals surface area (Å²) >= 11 is 0. The van der Waals surface area contributed by atoms with E-state index in [0.717, 1.165) is 11.1 Å². The largest absolute Gasteiger partial charge is 0.489 e. The first-order valence-electron chi connectivity index (χ1n) is 12.9. The number of nitrogens with one attached hydrogen (secondary N) is 1. The van der Waals surface area contributed by atoms with Crippen LogP contribution in [0.3, 0.4) is 0 Å². The lowest BCUT2D eigenvalue weighted by Crippen LogP contribution is -2.52. The molecule has 0 aliphatic carbocycles. The van der Waals surface area contributed by atoms with Gasteiger partial charge >= 0.3 is 0 Å². The number of benzene rings is 2. The van der Waals surface area contributed by atoms with Gasteiger partial charge in [0, 0.05) is 44.4 Å². The molecule has 8 nitrogen and oxygen atoms in total. The van der Waals surface area contributed by atoms with E-state index in [1.54, 1.807) is 48.8 Å². The third kappa shape index (κ3) is 7.62. The fourth-order valence-corrected chi connectivity index (χ4v) is 6.60. The zero-order valence-electron chi connectivity index (χ0n) is 22.1. The van der Waals surface area contributed by atoms with Gasteiger partial charge in [-0.05, 0) is 79.3 Å². The zero-order valence-corrected chi connectivity index (χ0v) is 22.9. The summed E-state index contributed by atoms with van der Waals surface area (Å²) in [5, 5.41) is 14.2. The molecule has 2 heterocycles. The van der Waals surface area contributed by atoms with Crippen molar-refractivity contribution in [3.8, 4) is 5.75 Å². The number of aromatic nitrogens is 1. The second-order valence-corrected chi connectivity index (χ2v) is 12.0. The van der Waals surface area contributed by atoms with Gasteiger partial charge in [0.2, 0.25) is 15.9 Å². The third-order valence-corrected chi connectivity index (χ3v) is 8.73. The van der Waals surface area contributed by atoms with E-state index in [4.69, 9.17) is 4.74 Å². The smallest absolute Gasteiger partial charge is 0.243 e. The molecule has 0 spiro atoms. The molecule has 208 valence electrons. The summed E-state index contributed by atoms with van der Waals surface area (Å²) in [7, 11) is -3.73. The number of carbonyl (C=O) groups excluding carboxylic acids is 1. The molecule has 1 aliphatic rings. The van der Waals surface area contributed by atoms with Crippen LogP contribution in [0.1, 0.15) is 36.5 Å². The van der Waals surface area contributed by atoms with Crippen molar-refractivity contribution in [2.45, 2.75) is 56.8 Å². The SMILES string of the molecule is CC(=O)N[C@@H](Cc1cc(F)cc(OCc2ccncc2)c1)[C@H](O)[C@@H]1CCCN(S(=O)(=O)c2cccc(C)c2)C1. The van der Waals surface area contributed by atoms with Crippen molar-refractivity contribution >= 4 is 15.9 Å². The van der Waals surface area contributed by atoms with Crippen molar-refractivity contribution in [3.63, 3.8) is 0 Å². The van der Waals surface area contributed by atoms with Gasteiger partial charge in [-0.1, -0.05) is 12.1 Å². The van der Waals surface area contributed by atoms with Gasteiger partial charge in [0.1, 0.15) is 18.2 Å². The van der Waals surface area contributed by atoms with E-state index in [1.165, 1.54) is 23.4 Å². The van der Waals surface area contributed by atoms with E-state index in [0.29, 0.717) is 30.7 Å². The predicted octanol–water partition coefficient (Wildman–Crippen LogP) is 3.62. The first kappa shape index (κ1) is 28.7. The minimum Gasteiger partial charge on any atom is -0.489 e. The zero-order chi connectivity index (χ0) is 28.0. The summed E-state index contributed by atoms with van der Waals surface area (Å²) in [6.07, 6.45) is 3.56. The fourth-order valence-electron chi connectivity index (χ4n) is 4.96. The van der Waals surface area contributed by atoms with Gasteiger partial charge in [0.15, 0.2) is 0 Å². The summed E-state index contributed by atoms with van der Waals surface area (Å²) < 4.78 is 48.2. The highest BCUT2D eigenvalue weighted by Gasteiger charge is 2.36. The van der Waals surface area contributed by atoms with Gasteiger partial charge in [0.05, 0.1) is 17.0 Å². The monoisotopic (exact) mass is 555 g/mol. The van der Waals surface area contributed by atoms with Crippen LogP contribution < -0.4 is 10.1 Å². The van der Waals surface area contributed by atoms with Gasteiger partial charge < -0.3 is 15.2 Å². The summed E-state index contributed by atoms with van der Waals surface area (Å²) in [4.78, 5) is 16.2. The first-order chi connectivity index (χ1) is 18.6. The number of hydrogen-bond acceptors (Lipinski definition) is 6. The number of aliphatic hydroxyl groups excluding tert-OH is 1. The van der Waals surface area contributed by atoms with E-state index in [-0.39, 0.29) is 30.4 Å². The minimum atomic E-state index is -3.73. The van der Waals surface area contributed by atoms with Crippen LogP contribution in [0.25, 0.3) is 0 Å². The Morgan fingerprint density at radius 3 is 2.67 bits per heavy atom. The molecule has 10 heteroatoms. The van der Waals surface area contributed by atoms with Crippen molar-refractivity contribution in [2.75, 3.05) is 13.1 Å². The van der Waals surface area contributed by atoms with Crippen LogP contribution in [0, 0.1) is 18.7 Å². The van der Waals surface area contributed by atoms with Gasteiger partial charge in [-0.25, -0.2) is 12.8 Å². The minimum absolute atomic E-state index is 0.122. The highest BCUT2D eigenvalue weighted by Crippen LogP contribution is 2.28. The Morgan fingerprint density at radius 2 is 1.95 bits per heavy atom. The summed E-state index contributed by atoms with van der Waals surface area (Å²) in [6.45, 7) is 3.89. The van der Waals surface area contributed by atoms with Crippen LogP contribution in [0.5, 0.6) is 5.75 Å². The average molecular weight is 556 g/mol. The number of sulfonamides is 1. The number of aliphatic hydroxyl groups is 1. The number of carbonyl (C=O) groups is 1. The summed E-state index contributed by atoms with van der Waals surface area (Å²) in [5.74, 6) is -0.928. The van der Waals surface area contributed by atoms with Crippen LogP contribution in [-0.2, 0) is 27.8 Å². The standard InChI is InChI=1S/C29H34FN3O5S/c1-20-5-3-7-27(13-20)39(36,37)33-12-4-6-24(18-33)29(35)28(32-21(2)34)16-23-14-25(30)17-26(15-23)38-19-22-8-10-31-11-9-22/h3,5,7-11,13-15,17,24,28-29,35H,4,6,12,16,18-19H2,1-2H3,(H,32,34)/t24-,28+,29-/m1/s1. The molecule has 2 N–H and O–H groups in total. The van der Waals surface area contributed by atoms with Crippen LogP contribution in [0.15, 0.2) is 71.9 Å². The van der Waals surface area contributed by atoms with Gasteiger partial charge in [0.25, 0.3) is 0 Å². The molecule has 0 unspecified atom stereocenters. The molecule has 1 aromatic heterocycles. The van der Waals surface area contributed by atoms with Crippen molar-refractivity contribution in [2.24, 2.45) is 5.92 Å². The highest BCUT2D eigenvalue weighted by atomic mass is 32.2. The Hall–Kier alpha value is -3.34. The quantitative estimate of drug-likeness (QED) is 0.396. The summed E-state index contributed by atoms with van der Waals surface area (Å²) in [5.41, 5.74) is 2.26. The highest BCUT2D eigenvalue weighted by molar-refractivity contribution is 7.89. The topological polar surface area (TPSA) is 109 Å². The lowest BCUT2D eigenvalue weighted by molar-refractivity contribution is -0.121. The van der Waals surface area contributed by atoms with Crippen LogP contribution in [0.4, 0.5) is 4.39 Å². The van der Waals surface area contributed by atoms with E-state index in [1.807, 2.05) is 13.0 Å². The second kappa shape index (κ2) is 12.7. The van der Waals surface area contributed by atoms with Crippen molar-refractivity contribution < 1.29 is 27.4 Å². The Labute approximate surface area is 228 Å². The molecule has 3 atom stereocenters. The first-order valence-corrected chi connectivity index (χ1v) is 14.4. The molecule has 1 aliphatic heterocycles. The molecule has 0 bridgehead atoms. The van der Waals surface area contributed by atoms with Gasteiger partial charge in [-0.3, -0.25) is 9.78 Å². The van der Waals surface area contributed by atoms with Crippen LogP contribution >= 0.6 is 0 Å². The summed E-state index contributed by atoms with van der Waals surface area (Å²) in [6, 6.07) is 13.9. The number of pyridine rings is 1.